The van der Waals surface area contributed by atoms with Crippen LogP contribution in [0.3, 0.4) is 0 Å². The van der Waals surface area contributed by atoms with Gasteiger partial charge in [0, 0.05) is 10.6 Å². The first-order valence-electron chi connectivity index (χ1n) is 6.73. The van der Waals surface area contributed by atoms with Crippen molar-refractivity contribution in [2.75, 3.05) is 10.6 Å². The normalized spacial score (nSPS) is 14.5. The zero-order valence-electron chi connectivity index (χ0n) is 11.9. The minimum Gasteiger partial charge on any atom is -0.348 e. The number of fused-ring (bicyclic) bond motifs is 1. The molecule has 2 aromatic rings. The van der Waals surface area contributed by atoms with E-state index in [1.807, 2.05) is 61.5 Å². The van der Waals surface area contributed by atoms with Crippen LogP contribution in [0.25, 0.3) is 0 Å². The number of benzene rings is 2. The van der Waals surface area contributed by atoms with Crippen LogP contribution in [0, 0.1) is 18.3 Å². The fourth-order valence-corrected chi connectivity index (χ4v) is 3.06. The van der Waals surface area contributed by atoms with Crippen molar-refractivity contribution in [2.24, 2.45) is 0 Å². The van der Waals surface area contributed by atoms with Gasteiger partial charge in [0.25, 0.3) is 5.91 Å². The smallest absolute Gasteiger partial charge is 0.269 e. The first-order valence-corrected chi connectivity index (χ1v) is 7.55. The Labute approximate surface area is 132 Å². The molecular formula is C17H13N3OS. The summed E-state index contributed by atoms with van der Waals surface area (Å²) in [5, 5.41) is 15.8. The van der Waals surface area contributed by atoms with Gasteiger partial charge in [-0.1, -0.05) is 41.6 Å². The number of amides is 1. The van der Waals surface area contributed by atoms with Crippen LogP contribution < -0.4 is 10.6 Å². The molecule has 1 aliphatic rings. The van der Waals surface area contributed by atoms with Crippen LogP contribution in [-0.2, 0) is 4.79 Å². The van der Waals surface area contributed by atoms with Crippen molar-refractivity contribution in [3.05, 3.63) is 64.7 Å². The Morgan fingerprint density at radius 1 is 1.18 bits per heavy atom. The molecule has 1 aliphatic heterocycles. The highest BCUT2D eigenvalue weighted by Gasteiger charge is 2.23. The molecule has 0 atom stereocenters. The molecule has 0 fully saturated rings. The summed E-state index contributed by atoms with van der Waals surface area (Å²) in [6, 6.07) is 17.2. The summed E-state index contributed by atoms with van der Waals surface area (Å²) in [6.45, 7) is 1.98. The van der Waals surface area contributed by atoms with E-state index in [0.29, 0.717) is 10.7 Å². The second-order valence-corrected chi connectivity index (χ2v) is 5.91. The minimum atomic E-state index is -0.408. The maximum atomic E-state index is 12.3. The van der Waals surface area contributed by atoms with Crippen molar-refractivity contribution in [1.29, 1.82) is 5.26 Å². The van der Waals surface area contributed by atoms with Gasteiger partial charge < -0.3 is 10.6 Å². The van der Waals surface area contributed by atoms with Crippen LogP contribution in [0.1, 0.15) is 5.56 Å². The average Bonchev–Trinajstić information content (AvgIpc) is 2.94. The van der Waals surface area contributed by atoms with Crippen molar-refractivity contribution >= 4 is 29.0 Å². The number of nitrogens with one attached hydrogen (secondary N) is 2. The zero-order chi connectivity index (χ0) is 15.5. The van der Waals surface area contributed by atoms with Crippen LogP contribution in [0.4, 0.5) is 11.4 Å². The number of carbonyl (C=O) groups excluding carboxylic acids is 1. The summed E-state index contributed by atoms with van der Waals surface area (Å²) in [5.41, 5.74) is 2.78. The molecule has 0 unspecified atom stereocenters. The van der Waals surface area contributed by atoms with Gasteiger partial charge in [-0.15, -0.1) is 0 Å². The van der Waals surface area contributed by atoms with E-state index in [9.17, 15) is 10.1 Å². The second-order valence-electron chi connectivity index (χ2n) is 4.86. The molecule has 0 bridgehead atoms. The molecule has 2 aromatic carbocycles. The number of hydrogen-bond donors (Lipinski definition) is 2. The highest BCUT2D eigenvalue weighted by atomic mass is 32.2. The van der Waals surface area contributed by atoms with Gasteiger partial charge in [-0.2, -0.15) is 5.26 Å². The lowest BCUT2D eigenvalue weighted by Crippen LogP contribution is -2.16. The largest absolute Gasteiger partial charge is 0.348 e. The molecule has 22 heavy (non-hydrogen) atoms. The molecule has 4 nitrogen and oxygen atoms in total. The Bertz CT molecular complexity index is 776. The summed E-state index contributed by atoms with van der Waals surface area (Å²) in [5.74, 6) is -0.408. The van der Waals surface area contributed by atoms with E-state index < -0.39 is 5.91 Å². The Morgan fingerprint density at radius 2 is 1.91 bits per heavy atom. The van der Waals surface area contributed by atoms with Crippen LogP contribution in [0.2, 0.25) is 0 Å². The Morgan fingerprint density at radius 3 is 2.59 bits per heavy atom. The molecule has 0 aliphatic carbocycles. The average molecular weight is 307 g/mol. The number of carbonyl (C=O) groups is 1. The molecule has 0 aromatic heterocycles. The van der Waals surface area contributed by atoms with Gasteiger partial charge in [-0.3, -0.25) is 4.79 Å². The standard InChI is InChI=1S/C17H13N3OS/c1-11-6-8-12(9-7-11)19-16(21)13(10-18)17-20-14-4-2-3-5-15(14)22-17/h2-9,20H,1H3,(H,19,21)/b17-13-. The summed E-state index contributed by atoms with van der Waals surface area (Å²) in [6.07, 6.45) is 0. The third kappa shape index (κ3) is 2.83. The number of hydrogen-bond acceptors (Lipinski definition) is 4. The van der Waals surface area contributed by atoms with E-state index in [2.05, 4.69) is 10.6 Å². The van der Waals surface area contributed by atoms with Crippen LogP contribution in [-0.4, -0.2) is 5.91 Å². The number of nitriles is 1. The van der Waals surface area contributed by atoms with Crippen molar-refractivity contribution in [2.45, 2.75) is 11.8 Å². The maximum Gasteiger partial charge on any atom is 0.269 e. The van der Waals surface area contributed by atoms with Gasteiger partial charge in [-0.25, -0.2) is 0 Å². The maximum absolute atomic E-state index is 12.3. The lowest BCUT2D eigenvalue weighted by atomic mass is 10.2. The summed E-state index contributed by atoms with van der Waals surface area (Å²) in [4.78, 5) is 13.3. The second kappa shape index (κ2) is 5.96. The minimum absolute atomic E-state index is 0.0850. The molecule has 2 N–H and O–H groups in total. The number of para-hydroxylation sites is 1. The highest BCUT2D eigenvalue weighted by molar-refractivity contribution is 8.03. The lowest BCUT2D eigenvalue weighted by Gasteiger charge is -2.06. The number of anilines is 2. The predicted octanol–water partition coefficient (Wildman–Crippen LogP) is 3.89. The molecule has 1 amide bonds. The first-order chi connectivity index (χ1) is 10.7. The Hall–Kier alpha value is -2.71. The van der Waals surface area contributed by atoms with Crippen LogP contribution in [0.5, 0.6) is 0 Å². The van der Waals surface area contributed by atoms with Crippen molar-refractivity contribution in [3.8, 4) is 6.07 Å². The fraction of sp³-hybridized carbons (Fsp3) is 0.0588. The molecule has 1 heterocycles. The van der Waals surface area contributed by atoms with E-state index in [0.717, 1.165) is 16.1 Å². The van der Waals surface area contributed by atoms with E-state index in [1.165, 1.54) is 11.8 Å². The monoisotopic (exact) mass is 307 g/mol. The van der Waals surface area contributed by atoms with Crippen LogP contribution in [0.15, 0.2) is 64.0 Å². The molecule has 108 valence electrons. The number of rotatable bonds is 2. The molecule has 5 heteroatoms. The molecule has 3 rings (SSSR count). The highest BCUT2D eigenvalue weighted by Crippen LogP contribution is 2.41. The fourth-order valence-electron chi connectivity index (χ4n) is 2.07. The molecule has 0 spiro atoms. The first kappa shape index (κ1) is 14.2. The molecule has 0 saturated heterocycles. The Balaban J connectivity index is 1.83. The molecular weight excluding hydrogens is 294 g/mol. The lowest BCUT2D eigenvalue weighted by molar-refractivity contribution is -0.112. The van der Waals surface area contributed by atoms with Crippen LogP contribution >= 0.6 is 11.8 Å². The van der Waals surface area contributed by atoms with Gasteiger partial charge in [0.1, 0.15) is 16.7 Å². The SMILES string of the molecule is Cc1ccc(NC(=O)/C(C#N)=C2/Nc3ccccc3S2)cc1. The topological polar surface area (TPSA) is 64.9 Å². The van der Waals surface area contributed by atoms with Gasteiger partial charge in [0.05, 0.1) is 5.69 Å². The number of nitrogens with zero attached hydrogens (tertiary/aromatic N) is 1. The van der Waals surface area contributed by atoms with Gasteiger partial charge >= 0.3 is 0 Å². The van der Waals surface area contributed by atoms with Gasteiger partial charge in [-0.05, 0) is 31.2 Å². The quantitative estimate of drug-likeness (QED) is 0.652. The van der Waals surface area contributed by atoms with Gasteiger partial charge in [0.15, 0.2) is 0 Å². The molecule has 0 saturated carbocycles. The summed E-state index contributed by atoms with van der Waals surface area (Å²) in [7, 11) is 0. The third-order valence-corrected chi connectivity index (χ3v) is 4.31. The van der Waals surface area contributed by atoms with Crippen molar-refractivity contribution < 1.29 is 4.79 Å². The summed E-state index contributed by atoms with van der Waals surface area (Å²) < 4.78 is 0. The predicted molar refractivity (Wildman–Crippen MR) is 88.4 cm³/mol. The van der Waals surface area contributed by atoms with E-state index in [-0.39, 0.29) is 5.57 Å². The van der Waals surface area contributed by atoms with E-state index in [1.54, 1.807) is 0 Å². The Kier molecular flexibility index (Phi) is 3.86. The van der Waals surface area contributed by atoms with Crippen molar-refractivity contribution in [1.82, 2.24) is 0 Å². The van der Waals surface area contributed by atoms with E-state index in [4.69, 9.17) is 0 Å². The summed E-state index contributed by atoms with van der Waals surface area (Å²) >= 11 is 1.40. The molecule has 0 radical (unpaired) electrons. The van der Waals surface area contributed by atoms with Gasteiger partial charge in [0.2, 0.25) is 0 Å². The third-order valence-electron chi connectivity index (χ3n) is 3.22. The number of thioether (sulfide) groups is 1. The van der Waals surface area contributed by atoms with E-state index >= 15 is 0 Å². The van der Waals surface area contributed by atoms with Crippen molar-refractivity contribution in [3.63, 3.8) is 0 Å². The zero-order valence-corrected chi connectivity index (χ0v) is 12.7. The number of aryl methyl sites for hydroxylation is 1.